The first-order valence-electron chi connectivity index (χ1n) is 9.13. The summed E-state index contributed by atoms with van der Waals surface area (Å²) in [6, 6.07) is 6.35. The molecule has 1 aromatic heterocycles. The lowest BCUT2D eigenvalue weighted by Gasteiger charge is -2.09. The topological polar surface area (TPSA) is 60.5 Å². The van der Waals surface area contributed by atoms with Gasteiger partial charge in [-0.2, -0.15) is 0 Å². The SMILES string of the molecule is CCCCc1ccc2nc(NC(=O)CCOCC3CCCO3)sc2c1. The number of aromatic nitrogens is 1. The number of ether oxygens (including phenoxy) is 2. The van der Waals surface area contributed by atoms with Crippen LogP contribution in [-0.2, 0) is 20.7 Å². The Morgan fingerprint density at radius 3 is 3.20 bits per heavy atom. The van der Waals surface area contributed by atoms with Gasteiger partial charge in [-0.3, -0.25) is 4.79 Å². The number of anilines is 1. The molecular weight excluding hydrogens is 336 g/mol. The van der Waals surface area contributed by atoms with Crippen molar-refractivity contribution >= 4 is 32.6 Å². The third-order valence-corrected chi connectivity index (χ3v) is 5.25. The maximum atomic E-state index is 12.0. The van der Waals surface area contributed by atoms with E-state index >= 15 is 0 Å². The van der Waals surface area contributed by atoms with Crippen LogP contribution in [0.2, 0.25) is 0 Å². The second-order valence-electron chi connectivity index (χ2n) is 6.43. The summed E-state index contributed by atoms with van der Waals surface area (Å²) in [6.45, 7) is 4.02. The van der Waals surface area contributed by atoms with Crippen molar-refractivity contribution in [3.8, 4) is 0 Å². The second kappa shape index (κ2) is 9.27. The molecule has 0 aliphatic carbocycles. The highest BCUT2D eigenvalue weighted by Crippen LogP contribution is 2.27. The third kappa shape index (κ3) is 5.49. The number of aryl methyl sites for hydroxylation is 1. The van der Waals surface area contributed by atoms with Gasteiger partial charge in [0.15, 0.2) is 5.13 Å². The number of fused-ring (bicyclic) bond motifs is 1. The maximum Gasteiger partial charge on any atom is 0.228 e. The van der Waals surface area contributed by atoms with Crippen LogP contribution in [0.4, 0.5) is 5.13 Å². The van der Waals surface area contributed by atoms with Crippen molar-refractivity contribution in [2.24, 2.45) is 0 Å². The van der Waals surface area contributed by atoms with E-state index in [0.717, 1.165) is 36.1 Å². The zero-order valence-corrected chi connectivity index (χ0v) is 15.6. The van der Waals surface area contributed by atoms with E-state index < -0.39 is 0 Å². The predicted molar refractivity (Wildman–Crippen MR) is 101 cm³/mol. The number of hydrogen-bond acceptors (Lipinski definition) is 5. The van der Waals surface area contributed by atoms with Gasteiger partial charge in [-0.25, -0.2) is 4.98 Å². The van der Waals surface area contributed by atoms with Crippen LogP contribution in [-0.4, -0.2) is 36.8 Å². The lowest BCUT2D eigenvalue weighted by Crippen LogP contribution is -2.18. The zero-order chi connectivity index (χ0) is 17.5. The summed E-state index contributed by atoms with van der Waals surface area (Å²) in [5.41, 5.74) is 2.27. The Labute approximate surface area is 152 Å². The molecule has 0 bridgehead atoms. The molecule has 1 atom stereocenters. The van der Waals surface area contributed by atoms with E-state index in [1.54, 1.807) is 0 Å². The minimum absolute atomic E-state index is 0.0578. The van der Waals surface area contributed by atoms with Crippen molar-refractivity contribution in [1.82, 2.24) is 4.98 Å². The molecule has 25 heavy (non-hydrogen) atoms. The zero-order valence-electron chi connectivity index (χ0n) is 14.8. The van der Waals surface area contributed by atoms with Crippen molar-refractivity contribution in [3.63, 3.8) is 0 Å². The van der Waals surface area contributed by atoms with Crippen molar-refractivity contribution in [3.05, 3.63) is 23.8 Å². The van der Waals surface area contributed by atoms with E-state index in [9.17, 15) is 4.79 Å². The molecule has 1 aliphatic rings. The highest BCUT2D eigenvalue weighted by molar-refractivity contribution is 7.22. The van der Waals surface area contributed by atoms with Crippen molar-refractivity contribution in [2.75, 3.05) is 25.1 Å². The second-order valence-corrected chi connectivity index (χ2v) is 7.46. The van der Waals surface area contributed by atoms with E-state index in [0.29, 0.717) is 24.8 Å². The van der Waals surface area contributed by atoms with Gasteiger partial charge in [0.25, 0.3) is 0 Å². The monoisotopic (exact) mass is 362 g/mol. The van der Waals surface area contributed by atoms with Crippen LogP contribution in [0, 0.1) is 0 Å². The van der Waals surface area contributed by atoms with Crippen LogP contribution >= 0.6 is 11.3 Å². The molecule has 136 valence electrons. The van der Waals surface area contributed by atoms with E-state index in [1.165, 1.54) is 29.7 Å². The molecule has 1 N–H and O–H groups in total. The fourth-order valence-corrected chi connectivity index (χ4v) is 3.84. The van der Waals surface area contributed by atoms with E-state index in [1.807, 2.05) is 6.07 Å². The van der Waals surface area contributed by atoms with Gasteiger partial charge < -0.3 is 14.8 Å². The van der Waals surface area contributed by atoms with Crippen LogP contribution in [0.15, 0.2) is 18.2 Å². The van der Waals surface area contributed by atoms with E-state index in [4.69, 9.17) is 9.47 Å². The molecule has 0 spiro atoms. The summed E-state index contributed by atoms with van der Waals surface area (Å²) in [6.07, 6.45) is 6.17. The Balaban J connectivity index is 1.45. The molecule has 1 unspecified atom stereocenters. The molecule has 3 rings (SSSR count). The first-order valence-corrected chi connectivity index (χ1v) is 9.95. The van der Waals surface area contributed by atoms with Gasteiger partial charge in [-0.15, -0.1) is 0 Å². The quantitative estimate of drug-likeness (QED) is 0.680. The van der Waals surface area contributed by atoms with Crippen LogP contribution in [0.5, 0.6) is 0 Å². The summed E-state index contributed by atoms with van der Waals surface area (Å²) in [7, 11) is 0. The van der Waals surface area contributed by atoms with Gasteiger partial charge >= 0.3 is 0 Å². The number of thiazole rings is 1. The van der Waals surface area contributed by atoms with E-state index in [2.05, 4.69) is 29.4 Å². The fraction of sp³-hybridized carbons (Fsp3) is 0.579. The number of amides is 1. The number of rotatable bonds is 9. The first-order chi connectivity index (χ1) is 12.2. The molecule has 1 saturated heterocycles. The van der Waals surface area contributed by atoms with Gasteiger partial charge in [0.2, 0.25) is 5.91 Å². The minimum atomic E-state index is -0.0578. The number of carbonyl (C=O) groups excluding carboxylic acids is 1. The van der Waals surface area contributed by atoms with Gasteiger partial charge in [0.1, 0.15) is 0 Å². The Morgan fingerprint density at radius 2 is 2.40 bits per heavy atom. The largest absolute Gasteiger partial charge is 0.378 e. The van der Waals surface area contributed by atoms with Crippen LogP contribution in [0.3, 0.4) is 0 Å². The Bertz CT molecular complexity index is 695. The van der Waals surface area contributed by atoms with Crippen molar-refractivity contribution in [1.29, 1.82) is 0 Å². The molecule has 0 radical (unpaired) electrons. The van der Waals surface area contributed by atoms with Crippen molar-refractivity contribution < 1.29 is 14.3 Å². The molecule has 1 amide bonds. The standard InChI is InChI=1S/C19H26N2O3S/c1-2-3-5-14-7-8-16-17(12-14)25-19(20-16)21-18(22)9-11-23-13-15-6-4-10-24-15/h7-8,12,15H,2-6,9-11,13H2,1H3,(H,20,21,22). The highest BCUT2D eigenvalue weighted by Gasteiger charge is 2.15. The molecule has 1 aromatic carbocycles. The Morgan fingerprint density at radius 1 is 1.48 bits per heavy atom. The molecule has 1 aliphatic heterocycles. The molecule has 5 nitrogen and oxygen atoms in total. The van der Waals surface area contributed by atoms with Crippen LogP contribution < -0.4 is 5.32 Å². The number of carbonyl (C=O) groups is 1. The summed E-state index contributed by atoms with van der Waals surface area (Å²) < 4.78 is 12.1. The van der Waals surface area contributed by atoms with E-state index in [-0.39, 0.29) is 12.0 Å². The van der Waals surface area contributed by atoms with Gasteiger partial charge in [0, 0.05) is 6.61 Å². The Hall–Kier alpha value is -1.50. The lowest BCUT2D eigenvalue weighted by molar-refractivity contribution is -0.117. The molecule has 0 saturated carbocycles. The summed E-state index contributed by atoms with van der Waals surface area (Å²) in [5, 5.41) is 3.54. The number of nitrogens with one attached hydrogen (secondary N) is 1. The van der Waals surface area contributed by atoms with Crippen LogP contribution in [0.1, 0.15) is 44.6 Å². The minimum Gasteiger partial charge on any atom is -0.378 e. The maximum absolute atomic E-state index is 12.0. The molecule has 1 fully saturated rings. The smallest absolute Gasteiger partial charge is 0.228 e. The number of nitrogens with zero attached hydrogens (tertiary/aromatic N) is 1. The number of unbranched alkanes of at least 4 members (excludes halogenated alkanes) is 1. The number of benzene rings is 1. The summed E-state index contributed by atoms with van der Waals surface area (Å²) in [5.74, 6) is -0.0578. The average molecular weight is 362 g/mol. The van der Waals surface area contributed by atoms with Gasteiger partial charge in [-0.1, -0.05) is 30.7 Å². The average Bonchev–Trinajstić information content (AvgIpc) is 3.25. The fourth-order valence-electron chi connectivity index (χ4n) is 2.90. The van der Waals surface area contributed by atoms with Gasteiger partial charge in [0.05, 0.1) is 36.0 Å². The first kappa shape index (κ1) is 18.3. The van der Waals surface area contributed by atoms with Crippen LogP contribution in [0.25, 0.3) is 10.2 Å². The lowest BCUT2D eigenvalue weighted by atomic mass is 10.1. The normalized spacial score (nSPS) is 17.2. The summed E-state index contributed by atoms with van der Waals surface area (Å²) >= 11 is 1.53. The predicted octanol–water partition coefficient (Wildman–Crippen LogP) is 4.16. The summed E-state index contributed by atoms with van der Waals surface area (Å²) in [4.78, 5) is 16.5. The molecular formula is C19H26N2O3S. The molecule has 2 heterocycles. The molecule has 6 heteroatoms. The third-order valence-electron chi connectivity index (χ3n) is 4.32. The number of hydrogen-bond donors (Lipinski definition) is 1. The molecule has 2 aromatic rings. The highest BCUT2D eigenvalue weighted by atomic mass is 32.1. The van der Waals surface area contributed by atoms with Crippen molar-refractivity contribution in [2.45, 2.75) is 51.6 Å². The Kier molecular flexibility index (Phi) is 6.78. The van der Waals surface area contributed by atoms with Gasteiger partial charge in [-0.05, 0) is 43.4 Å².